The zero-order chi connectivity index (χ0) is 19.1. The molecular weight excluding hydrogens is 338 g/mol. The molecule has 1 aromatic carbocycles. The predicted molar refractivity (Wildman–Crippen MR) is 110 cm³/mol. The summed E-state index contributed by atoms with van der Waals surface area (Å²) in [5.41, 5.74) is 1.65. The molecule has 0 aromatic heterocycles. The molecule has 0 bridgehead atoms. The summed E-state index contributed by atoms with van der Waals surface area (Å²) in [5.74, 6) is 1.09. The first-order valence-corrected chi connectivity index (χ1v) is 10.2. The van der Waals surface area contributed by atoms with Crippen LogP contribution in [-0.4, -0.2) is 74.0 Å². The molecule has 1 saturated carbocycles. The summed E-state index contributed by atoms with van der Waals surface area (Å²) in [6.45, 7) is 10.9. The third-order valence-electron chi connectivity index (χ3n) is 5.66. The van der Waals surface area contributed by atoms with E-state index in [1.165, 1.54) is 18.4 Å². The Kier molecular flexibility index (Phi) is 6.72. The molecule has 0 spiro atoms. The van der Waals surface area contributed by atoms with Crippen LogP contribution in [0.15, 0.2) is 35.3 Å². The van der Waals surface area contributed by atoms with E-state index >= 15 is 0 Å². The number of carbonyl (C=O) groups excluding carboxylic acids is 1. The highest BCUT2D eigenvalue weighted by molar-refractivity contribution is 5.79. The third-order valence-corrected chi connectivity index (χ3v) is 5.66. The van der Waals surface area contributed by atoms with Crippen LogP contribution in [0.4, 0.5) is 0 Å². The molecule has 0 radical (unpaired) electrons. The number of hydrogen-bond acceptors (Lipinski definition) is 3. The summed E-state index contributed by atoms with van der Waals surface area (Å²) >= 11 is 0. The molecule has 2 fully saturated rings. The van der Waals surface area contributed by atoms with Crippen molar-refractivity contribution in [1.29, 1.82) is 0 Å². The summed E-state index contributed by atoms with van der Waals surface area (Å²) in [6.07, 6.45) is 2.45. The molecule has 0 atom stereocenters. The van der Waals surface area contributed by atoms with Gasteiger partial charge in [-0.05, 0) is 25.3 Å². The van der Waals surface area contributed by atoms with Crippen molar-refractivity contribution in [3.63, 3.8) is 0 Å². The molecule has 27 heavy (non-hydrogen) atoms. The minimum atomic E-state index is 0.182. The van der Waals surface area contributed by atoms with E-state index in [1.54, 1.807) is 6.92 Å². The molecule has 1 amide bonds. The van der Waals surface area contributed by atoms with E-state index in [9.17, 15) is 4.79 Å². The second-order valence-electron chi connectivity index (χ2n) is 7.62. The van der Waals surface area contributed by atoms with E-state index in [1.807, 2.05) is 4.90 Å². The van der Waals surface area contributed by atoms with E-state index in [-0.39, 0.29) is 11.3 Å². The Bertz CT molecular complexity index is 633. The van der Waals surface area contributed by atoms with Gasteiger partial charge in [0.15, 0.2) is 5.96 Å². The monoisotopic (exact) mass is 371 g/mol. The third kappa shape index (κ3) is 5.45. The first-order chi connectivity index (χ1) is 13.1. The smallest absolute Gasteiger partial charge is 0.219 e. The van der Waals surface area contributed by atoms with Gasteiger partial charge < -0.3 is 15.5 Å². The number of nitrogens with one attached hydrogen (secondary N) is 2. The quantitative estimate of drug-likeness (QED) is 0.562. The normalized spacial score (nSPS) is 19.6. The lowest BCUT2D eigenvalue weighted by molar-refractivity contribution is -0.130. The summed E-state index contributed by atoms with van der Waals surface area (Å²) in [7, 11) is 0. The van der Waals surface area contributed by atoms with Crippen LogP contribution in [0.2, 0.25) is 0 Å². The van der Waals surface area contributed by atoms with E-state index in [2.05, 4.69) is 52.8 Å². The number of nitrogens with zero attached hydrogens (tertiary/aromatic N) is 3. The van der Waals surface area contributed by atoms with Gasteiger partial charge in [-0.1, -0.05) is 30.3 Å². The fourth-order valence-corrected chi connectivity index (χ4v) is 3.67. The van der Waals surface area contributed by atoms with Crippen LogP contribution in [-0.2, 0) is 10.2 Å². The highest BCUT2D eigenvalue weighted by atomic mass is 16.2. The lowest BCUT2D eigenvalue weighted by Crippen LogP contribution is -2.50. The maximum absolute atomic E-state index is 11.4. The standard InChI is InChI=1S/C21H33N5O/c1-3-22-20(23-11-12-25-13-15-26(16-14-25)18(2)27)24-17-21(9-10-21)19-7-5-4-6-8-19/h4-8H,3,9-17H2,1-2H3,(H2,22,23,24). The molecule has 3 rings (SSSR count). The van der Waals surface area contributed by atoms with Crippen LogP contribution in [0.3, 0.4) is 0 Å². The van der Waals surface area contributed by atoms with E-state index in [4.69, 9.17) is 4.99 Å². The van der Waals surface area contributed by atoms with Crippen molar-refractivity contribution in [3.05, 3.63) is 35.9 Å². The number of amides is 1. The maximum Gasteiger partial charge on any atom is 0.219 e. The molecule has 1 aliphatic heterocycles. The molecule has 1 aliphatic carbocycles. The number of guanidine groups is 1. The zero-order valence-electron chi connectivity index (χ0n) is 16.7. The highest BCUT2D eigenvalue weighted by Gasteiger charge is 2.43. The van der Waals surface area contributed by atoms with Gasteiger partial charge >= 0.3 is 0 Å². The second-order valence-corrected chi connectivity index (χ2v) is 7.62. The molecule has 0 unspecified atom stereocenters. The lowest BCUT2D eigenvalue weighted by Gasteiger charge is -2.34. The number of aliphatic imine (C=N–C) groups is 1. The van der Waals surface area contributed by atoms with Gasteiger partial charge in [0, 0.05) is 58.2 Å². The molecular formula is C21H33N5O. The molecule has 1 saturated heterocycles. The van der Waals surface area contributed by atoms with Crippen molar-refractivity contribution >= 4 is 11.9 Å². The first-order valence-electron chi connectivity index (χ1n) is 10.2. The van der Waals surface area contributed by atoms with Gasteiger partial charge in [-0.15, -0.1) is 0 Å². The van der Waals surface area contributed by atoms with Gasteiger partial charge in [-0.2, -0.15) is 0 Å². The second kappa shape index (κ2) is 9.22. The Labute approximate surface area is 163 Å². The van der Waals surface area contributed by atoms with E-state index in [0.717, 1.165) is 58.3 Å². The molecule has 6 heteroatoms. The largest absolute Gasteiger partial charge is 0.357 e. The number of rotatable bonds is 7. The number of benzene rings is 1. The highest BCUT2D eigenvalue weighted by Crippen LogP contribution is 2.48. The fourth-order valence-electron chi connectivity index (χ4n) is 3.67. The molecule has 6 nitrogen and oxygen atoms in total. The van der Waals surface area contributed by atoms with Crippen LogP contribution in [0.5, 0.6) is 0 Å². The summed E-state index contributed by atoms with van der Waals surface area (Å²) in [4.78, 5) is 20.6. The Morgan fingerprint density at radius 2 is 1.81 bits per heavy atom. The number of carbonyl (C=O) groups is 1. The lowest BCUT2D eigenvalue weighted by atomic mass is 9.96. The van der Waals surface area contributed by atoms with Gasteiger partial charge in [0.05, 0.1) is 6.54 Å². The molecule has 148 valence electrons. The number of piperazine rings is 1. The minimum absolute atomic E-state index is 0.182. The maximum atomic E-state index is 11.4. The van der Waals surface area contributed by atoms with Crippen molar-refractivity contribution in [2.45, 2.75) is 32.1 Å². The molecule has 2 N–H and O–H groups in total. The van der Waals surface area contributed by atoms with Crippen LogP contribution in [0.1, 0.15) is 32.3 Å². The van der Waals surface area contributed by atoms with Gasteiger partial charge in [0.25, 0.3) is 0 Å². The average Bonchev–Trinajstić information content (AvgIpc) is 3.48. The Morgan fingerprint density at radius 1 is 1.11 bits per heavy atom. The van der Waals surface area contributed by atoms with Crippen molar-refractivity contribution < 1.29 is 4.79 Å². The SMILES string of the molecule is CCNC(=NCC1(c2ccccc2)CC1)NCCN1CCN(C(C)=O)CC1. The van der Waals surface area contributed by atoms with E-state index < -0.39 is 0 Å². The van der Waals surface area contributed by atoms with Crippen molar-refractivity contribution in [2.75, 3.05) is 52.4 Å². The first kappa shape index (κ1) is 19.7. The Morgan fingerprint density at radius 3 is 2.41 bits per heavy atom. The molecule has 2 aliphatic rings. The van der Waals surface area contributed by atoms with Crippen molar-refractivity contribution in [1.82, 2.24) is 20.4 Å². The average molecular weight is 372 g/mol. The van der Waals surface area contributed by atoms with Gasteiger partial charge in [0.2, 0.25) is 5.91 Å². The molecule has 1 heterocycles. The topological polar surface area (TPSA) is 60.0 Å². The van der Waals surface area contributed by atoms with Gasteiger partial charge in [-0.25, -0.2) is 0 Å². The van der Waals surface area contributed by atoms with Crippen molar-refractivity contribution in [3.8, 4) is 0 Å². The minimum Gasteiger partial charge on any atom is -0.357 e. The molecule has 1 aromatic rings. The van der Waals surface area contributed by atoms with Crippen molar-refractivity contribution in [2.24, 2.45) is 4.99 Å². The number of hydrogen-bond donors (Lipinski definition) is 2. The summed E-state index contributed by atoms with van der Waals surface area (Å²) in [5, 5.41) is 6.83. The summed E-state index contributed by atoms with van der Waals surface area (Å²) in [6, 6.07) is 10.8. The Balaban J connectivity index is 1.45. The van der Waals surface area contributed by atoms with E-state index in [0.29, 0.717) is 0 Å². The van der Waals surface area contributed by atoms with Crippen LogP contribution in [0.25, 0.3) is 0 Å². The van der Waals surface area contributed by atoms with Crippen LogP contribution >= 0.6 is 0 Å². The predicted octanol–water partition coefficient (Wildman–Crippen LogP) is 1.44. The zero-order valence-corrected chi connectivity index (χ0v) is 16.7. The van der Waals surface area contributed by atoms with Gasteiger partial charge in [0.1, 0.15) is 0 Å². The fraction of sp³-hybridized carbons (Fsp3) is 0.619. The Hall–Kier alpha value is -2.08. The van der Waals surface area contributed by atoms with Crippen LogP contribution < -0.4 is 10.6 Å². The summed E-state index contributed by atoms with van der Waals surface area (Å²) < 4.78 is 0. The van der Waals surface area contributed by atoms with Gasteiger partial charge in [-0.3, -0.25) is 14.7 Å². The van der Waals surface area contributed by atoms with Crippen LogP contribution in [0, 0.1) is 0 Å².